The van der Waals surface area contributed by atoms with Crippen LogP contribution in [0.15, 0.2) is 29.6 Å². The Morgan fingerprint density at radius 3 is 2.30 bits per heavy atom. The summed E-state index contributed by atoms with van der Waals surface area (Å²) in [6.07, 6.45) is 1.16. The SMILES string of the molecule is COP(=O)(OC)/C(=C/c1ccccc1[N+](=O)[O-])C(C)=O. The van der Waals surface area contributed by atoms with Gasteiger partial charge in [0.15, 0.2) is 5.78 Å². The third-order valence-corrected chi connectivity index (χ3v) is 4.56. The van der Waals surface area contributed by atoms with Crippen LogP contribution in [0.2, 0.25) is 0 Å². The van der Waals surface area contributed by atoms with Gasteiger partial charge >= 0.3 is 7.60 Å². The Morgan fingerprint density at radius 1 is 1.30 bits per heavy atom. The summed E-state index contributed by atoms with van der Waals surface area (Å²) in [4.78, 5) is 22.0. The summed E-state index contributed by atoms with van der Waals surface area (Å²) in [7, 11) is -1.50. The molecule has 0 radical (unpaired) electrons. The number of rotatable bonds is 6. The monoisotopic (exact) mass is 299 g/mol. The van der Waals surface area contributed by atoms with Crippen LogP contribution < -0.4 is 0 Å². The molecule has 108 valence electrons. The van der Waals surface area contributed by atoms with Gasteiger partial charge in [-0.2, -0.15) is 0 Å². The molecule has 0 aromatic heterocycles. The van der Waals surface area contributed by atoms with Gasteiger partial charge in [0.05, 0.1) is 10.5 Å². The number of hydrogen-bond acceptors (Lipinski definition) is 6. The molecule has 0 fully saturated rings. The minimum Gasteiger partial charge on any atom is -0.308 e. The summed E-state index contributed by atoms with van der Waals surface area (Å²) < 4.78 is 21.8. The Hall–Kier alpha value is -1.82. The molecule has 7 nitrogen and oxygen atoms in total. The second-order valence-corrected chi connectivity index (χ2v) is 5.97. The van der Waals surface area contributed by atoms with E-state index in [1.54, 1.807) is 6.07 Å². The van der Waals surface area contributed by atoms with Gasteiger partial charge in [0.25, 0.3) is 5.69 Å². The van der Waals surface area contributed by atoms with E-state index in [4.69, 9.17) is 9.05 Å². The average molecular weight is 299 g/mol. The number of nitro benzene ring substituents is 1. The molecule has 1 aromatic rings. The van der Waals surface area contributed by atoms with E-state index >= 15 is 0 Å². The Morgan fingerprint density at radius 2 is 1.85 bits per heavy atom. The molecule has 0 N–H and O–H groups in total. The number of nitrogens with zero attached hydrogens (tertiary/aromatic N) is 1. The number of Topliss-reactive ketones (excluding diaryl/α,β-unsaturated/α-hetero) is 1. The molecule has 8 heteroatoms. The fourth-order valence-electron chi connectivity index (χ4n) is 1.57. The third-order valence-electron chi connectivity index (χ3n) is 2.56. The van der Waals surface area contributed by atoms with Crippen molar-refractivity contribution in [1.29, 1.82) is 0 Å². The molecule has 0 saturated heterocycles. The summed E-state index contributed by atoms with van der Waals surface area (Å²) in [5.41, 5.74) is -0.0537. The van der Waals surface area contributed by atoms with Crippen molar-refractivity contribution in [2.24, 2.45) is 0 Å². The van der Waals surface area contributed by atoms with Crippen LogP contribution in [0.25, 0.3) is 6.08 Å². The minimum absolute atomic E-state index is 0.150. The number of benzene rings is 1. The highest BCUT2D eigenvalue weighted by atomic mass is 31.2. The predicted octanol–water partition coefficient (Wildman–Crippen LogP) is 3.01. The van der Waals surface area contributed by atoms with Crippen molar-refractivity contribution in [3.8, 4) is 0 Å². The molecule has 0 amide bonds. The zero-order chi connectivity index (χ0) is 15.3. The quantitative estimate of drug-likeness (QED) is 0.347. The molecule has 0 spiro atoms. The molecule has 1 rings (SSSR count). The van der Waals surface area contributed by atoms with Crippen molar-refractivity contribution < 1.29 is 23.3 Å². The molecule has 0 aliphatic carbocycles. The van der Waals surface area contributed by atoms with E-state index in [0.29, 0.717) is 0 Å². The molecule has 1 aromatic carbocycles. The number of hydrogen-bond donors (Lipinski definition) is 0. The third kappa shape index (κ3) is 3.39. The Labute approximate surface area is 115 Å². The fourth-order valence-corrected chi connectivity index (χ4v) is 2.79. The van der Waals surface area contributed by atoms with Crippen LogP contribution in [0, 0.1) is 10.1 Å². The summed E-state index contributed by atoms with van der Waals surface area (Å²) in [6, 6.07) is 5.79. The predicted molar refractivity (Wildman–Crippen MR) is 73.4 cm³/mol. The normalized spacial score (nSPS) is 12.2. The molecular formula is C12H14NO6P. The Bertz CT molecular complexity index is 602. The molecule has 0 heterocycles. The first-order chi connectivity index (χ1) is 9.35. The molecule has 0 unspecified atom stereocenters. The standard InChI is InChI=1S/C12H14NO6P/c1-9(14)12(20(17,18-2)19-3)8-10-6-4-5-7-11(10)13(15)16/h4-8H,1-3H3/b12-8+. The average Bonchev–Trinajstić information content (AvgIpc) is 2.43. The summed E-state index contributed by atoms with van der Waals surface area (Å²) in [6.45, 7) is 1.19. The van der Waals surface area contributed by atoms with E-state index in [0.717, 1.165) is 20.3 Å². The van der Waals surface area contributed by atoms with Crippen LogP contribution in [-0.2, 0) is 18.4 Å². The Kier molecular flexibility index (Phi) is 5.33. The highest BCUT2D eigenvalue weighted by molar-refractivity contribution is 7.60. The maximum atomic E-state index is 12.3. The topological polar surface area (TPSA) is 95.7 Å². The zero-order valence-corrected chi connectivity index (χ0v) is 12.1. The van der Waals surface area contributed by atoms with Crippen molar-refractivity contribution in [2.75, 3.05) is 14.2 Å². The second-order valence-electron chi connectivity index (χ2n) is 3.76. The van der Waals surface area contributed by atoms with Crippen molar-refractivity contribution in [2.45, 2.75) is 6.92 Å². The van der Waals surface area contributed by atoms with Gasteiger partial charge in [-0.15, -0.1) is 0 Å². The van der Waals surface area contributed by atoms with Gasteiger partial charge in [-0.1, -0.05) is 12.1 Å². The van der Waals surface area contributed by atoms with Gasteiger partial charge in [0.1, 0.15) is 5.31 Å². The largest absolute Gasteiger partial charge is 0.364 e. The lowest BCUT2D eigenvalue weighted by atomic mass is 10.1. The molecule has 0 bridgehead atoms. The van der Waals surface area contributed by atoms with E-state index in [1.807, 2.05) is 0 Å². The smallest absolute Gasteiger partial charge is 0.308 e. The molecule has 0 saturated carbocycles. The van der Waals surface area contributed by atoms with Crippen molar-refractivity contribution in [1.82, 2.24) is 0 Å². The first-order valence-corrected chi connectivity index (χ1v) is 7.08. The van der Waals surface area contributed by atoms with E-state index in [9.17, 15) is 19.5 Å². The van der Waals surface area contributed by atoms with Gasteiger partial charge in [-0.25, -0.2) is 0 Å². The van der Waals surface area contributed by atoms with Gasteiger partial charge in [0.2, 0.25) is 0 Å². The lowest BCUT2D eigenvalue weighted by molar-refractivity contribution is -0.385. The highest BCUT2D eigenvalue weighted by Crippen LogP contribution is 2.55. The van der Waals surface area contributed by atoms with Gasteiger partial charge in [0, 0.05) is 20.3 Å². The second kappa shape index (κ2) is 6.56. The lowest BCUT2D eigenvalue weighted by Gasteiger charge is -2.15. The van der Waals surface area contributed by atoms with Gasteiger partial charge in [-0.3, -0.25) is 19.5 Å². The maximum absolute atomic E-state index is 12.3. The molecular weight excluding hydrogens is 285 g/mol. The van der Waals surface area contributed by atoms with Gasteiger partial charge in [-0.05, 0) is 19.1 Å². The first kappa shape index (κ1) is 16.2. The van der Waals surface area contributed by atoms with Gasteiger partial charge < -0.3 is 9.05 Å². The lowest BCUT2D eigenvalue weighted by Crippen LogP contribution is -2.02. The fraction of sp³-hybridized carbons (Fsp3) is 0.250. The van der Waals surface area contributed by atoms with E-state index in [-0.39, 0.29) is 16.6 Å². The number of ketones is 1. The van der Waals surface area contributed by atoms with E-state index in [1.165, 1.54) is 25.1 Å². The number of allylic oxidation sites excluding steroid dienone is 1. The summed E-state index contributed by atoms with van der Waals surface area (Å²) >= 11 is 0. The number of para-hydroxylation sites is 1. The van der Waals surface area contributed by atoms with Crippen molar-refractivity contribution in [3.05, 3.63) is 45.3 Å². The molecule has 0 aliphatic rings. The van der Waals surface area contributed by atoms with Crippen LogP contribution in [0.5, 0.6) is 0 Å². The Balaban J connectivity index is 3.48. The molecule has 20 heavy (non-hydrogen) atoms. The maximum Gasteiger partial charge on any atom is 0.364 e. The van der Waals surface area contributed by atoms with Crippen LogP contribution in [0.1, 0.15) is 12.5 Å². The summed E-state index contributed by atoms with van der Waals surface area (Å²) in [5, 5.41) is 10.7. The van der Waals surface area contributed by atoms with Crippen LogP contribution in [0.4, 0.5) is 5.69 Å². The number of carbonyl (C=O) groups excluding carboxylic acids is 1. The van der Waals surface area contributed by atoms with Crippen LogP contribution >= 0.6 is 7.60 Å². The first-order valence-electron chi connectivity index (χ1n) is 5.54. The van der Waals surface area contributed by atoms with Crippen LogP contribution in [-0.4, -0.2) is 24.9 Å². The number of nitro groups is 1. The van der Waals surface area contributed by atoms with Crippen molar-refractivity contribution >= 4 is 25.1 Å². The van der Waals surface area contributed by atoms with E-state index < -0.39 is 18.3 Å². The highest BCUT2D eigenvalue weighted by Gasteiger charge is 2.31. The number of carbonyl (C=O) groups is 1. The molecule has 0 atom stereocenters. The molecule has 0 aliphatic heterocycles. The van der Waals surface area contributed by atoms with Crippen molar-refractivity contribution in [3.63, 3.8) is 0 Å². The van der Waals surface area contributed by atoms with Crippen LogP contribution in [0.3, 0.4) is 0 Å². The summed E-state index contributed by atoms with van der Waals surface area (Å²) in [5.74, 6) is -0.546. The zero-order valence-electron chi connectivity index (χ0n) is 11.2. The van der Waals surface area contributed by atoms with E-state index in [2.05, 4.69) is 0 Å². The minimum atomic E-state index is -3.77.